The van der Waals surface area contributed by atoms with Crippen molar-refractivity contribution in [2.24, 2.45) is 0 Å². The second-order valence-electron chi connectivity index (χ2n) is 7.97. The van der Waals surface area contributed by atoms with Crippen LogP contribution >= 0.6 is 23.2 Å². The first kappa shape index (κ1) is 23.0. The summed E-state index contributed by atoms with van der Waals surface area (Å²) in [5, 5.41) is 11.6. The van der Waals surface area contributed by atoms with Gasteiger partial charge in [0.1, 0.15) is 24.7 Å². The van der Waals surface area contributed by atoms with Crippen LogP contribution in [-0.2, 0) is 11.4 Å². The molecule has 1 atom stereocenters. The lowest BCUT2D eigenvalue weighted by atomic mass is 9.95. The number of benzene rings is 3. The Bertz CT molecular complexity index is 1380. The molecule has 5 rings (SSSR count). The van der Waals surface area contributed by atoms with Crippen LogP contribution in [0.3, 0.4) is 0 Å². The Morgan fingerprint density at radius 1 is 1.03 bits per heavy atom. The average molecular weight is 506 g/mol. The van der Waals surface area contributed by atoms with Gasteiger partial charge in [0.05, 0.1) is 5.57 Å². The Labute approximate surface area is 212 Å². The normalized spacial score (nSPS) is 14.8. The lowest BCUT2D eigenvalue weighted by Gasteiger charge is -2.28. The molecule has 1 aliphatic rings. The Hall–Kier alpha value is -3.81. The zero-order valence-corrected chi connectivity index (χ0v) is 20.2. The largest absolute Gasteiger partial charge is 0.489 e. The maximum Gasteiger partial charge on any atom is 0.255 e. The Kier molecular flexibility index (Phi) is 6.44. The minimum atomic E-state index is -0.468. The molecule has 3 aromatic carbocycles. The molecule has 0 saturated carbocycles. The van der Waals surface area contributed by atoms with Crippen molar-refractivity contribution in [1.29, 1.82) is 0 Å². The predicted molar refractivity (Wildman–Crippen MR) is 137 cm³/mol. The van der Waals surface area contributed by atoms with Gasteiger partial charge in [0.15, 0.2) is 0 Å². The highest BCUT2D eigenvalue weighted by Crippen LogP contribution is 2.36. The van der Waals surface area contributed by atoms with Gasteiger partial charge in [-0.1, -0.05) is 59.6 Å². The highest BCUT2D eigenvalue weighted by Gasteiger charge is 2.33. The van der Waals surface area contributed by atoms with Crippen molar-refractivity contribution in [2.45, 2.75) is 19.6 Å². The fourth-order valence-corrected chi connectivity index (χ4v) is 4.49. The van der Waals surface area contributed by atoms with Crippen molar-refractivity contribution in [1.82, 2.24) is 14.8 Å². The van der Waals surface area contributed by atoms with Crippen molar-refractivity contribution in [3.63, 3.8) is 0 Å². The van der Waals surface area contributed by atoms with E-state index in [1.165, 1.54) is 6.33 Å². The number of hydrogen-bond donors (Lipinski definition) is 2. The molecule has 1 aliphatic heterocycles. The van der Waals surface area contributed by atoms with E-state index in [4.69, 9.17) is 27.9 Å². The number of carbonyl (C=O) groups is 1. The first-order valence-electron chi connectivity index (χ1n) is 10.9. The van der Waals surface area contributed by atoms with Crippen LogP contribution in [-0.4, -0.2) is 20.7 Å². The first-order valence-corrected chi connectivity index (χ1v) is 11.7. The first-order chi connectivity index (χ1) is 17.0. The molecule has 9 heteroatoms. The molecule has 0 bridgehead atoms. The highest BCUT2D eigenvalue weighted by molar-refractivity contribution is 6.35. The van der Waals surface area contributed by atoms with Gasteiger partial charge < -0.3 is 15.4 Å². The zero-order chi connectivity index (χ0) is 24.4. The second kappa shape index (κ2) is 9.82. The van der Waals surface area contributed by atoms with Gasteiger partial charge in [0.2, 0.25) is 5.95 Å². The van der Waals surface area contributed by atoms with Gasteiger partial charge in [0.25, 0.3) is 5.91 Å². The summed E-state index contributed by atoms with van der Waals surface area (Å²) < 4.78 is 7.62. The van der Waals surface area contributed by atoms with E-state index in [1.807, 2.05) is 61.5 Å². The molecule has 2 N–H and O–H groups in total. The molecule has 0 radical (unpaired) electrons. The van der Waals surface area contributed by atoms with Crippen LogP contribution < -0.4 is 15.4 Å². The second-order valence-corrected chi connectivity index (χ2v) is 8.79. The van der Waals surface area contributed by atoms with Crippen molar-refractivity contribution in [3.05, 3.63) is 112 Å². The predicted octanol–water partition coefficient (Wildman–Crippen LogP) is 6.09. The van der Waals surface area contributed by atoms with E-state index in [0.29, 0.717) is 38.7 Å². The number of hydrogen-bond acceptors (Lipinski definition) is 5. The summed E-state index contributed by atoms with van der Waals surface area (Å²) in [6.07, 6.45) is 1.46. The number of rotatable bonds is 6. The zero-order valence-electron chi connectivity index (χ0n) is 18.7. The third-order valence-electron chi connectivity index (χ3n) is 5.71. The number of nitrogens with zero attached hydrogens (tertiary/aromatic N) is 3. The van der Waals surface area contributed by atoms with Gasteiger partial charge in [-0.3, -0.25) is 4.79 Å². The van der Waals surface area contributed by atoms with E-state index in [9.17, 15) is 4.79 Å². The molecule has 0 saturated heterocycles. The summed E-state index contributed by atoms with van der Waals surface area (Å²) in [6, 6.07) is 21.7. The van der Waals surface area contributed by atoms with Crippen molar-refractivity contribution < 1.29 is 9.53 Å². The lowest BCUT2D eigenvalue weighted by Crippen LogP contribution is -2.31. The molecule has 35 heavy (non-hydrogen) atoms. The molecule has 1 aromatic heterocycles. The van der Waals surface area contributed by atoms with E-state index in [1.54, 1.807) is 22.9 Å². The Balaban J connectivity index is 1.42. The topological polar surface area (TPSA) is 81.1 Å². The van der Waals surface area contributed by atoms with Crippen molar-refractivity contribution in [2.75, 3.05) is 10.6 Å². The van der Waals surface area contributed by atoms with Crippen LogP contribution in [0, 0.1) is 0 Å². The van der Waals surface area contributed by atoms with Gasteiger partial charge in [-0.15, -0.1) is 0 Å². The van der Waals surface area contributed by atoms with Gasteiger partial charge >= 0.3 is 0 Å². The van der Waals surface area contributed by atoms with Crippen molar-refractivity contribution in [3.8, 4) is 5.75 Å². The number of carbonyl (C=O) groups excluding carboxylic acids is 1. The maximum atomic E-state index is 13.4. The number of fused-ring (bicyclic) bond motifs is 1. The van der Waals surface area contributed by atoms with Crippen LogP contribution in [0.4, 0.5) is 11.6 Å². The third kappa shape index (κ3) is 4.73. The molecule has 0 aliphatic carbocycles. The highest BCUT2D eigenvalue weighted by atomic mass is 35.5. The molecule has 2 heterocycles. The van der Waals surface area contributed by atoms with Crippen molar-refractivity contribution >= 4 is 40.7 Å². The number of para-hydroxylation sites is 1. The van der Waals surface area contributed by atoms with E-state index < -0.39 is 6.04 Å². The number of allylic oxidation sites excluding steroid dienone is 1. The summed E-state index contributed by atoms with van der Waals surface area (Å²) >= 11 is 12.5. The molecule has 7 nitrogen and oxygen atoms in total. The molecule has 0 fully saturated rings. The standard InChI is InChI=1S/C26H21Cl2N5O2/c1-16-23(25(34)32-18-6-3-2-4-7-18)24(33-26(31-16)29-15-30-33)17-10-12-19(13-11-17)35-14-20-21(27)8-5-9-22(20)28/h2-13,15,24H,14H2,1H3,(H,32,34)(H,29,30,31). The number of amides is 1. The van der Waals surface area contributed by atoms with E-state index >= 15 is 0 Å². The number of nitrogens with one attached hydrogen (secondary N) is 2. The molecular weight excluding hydrogens is 485 g/mol. The molecular formula is C26H21Cl2N5O2. The fraction of sp³-hybridized carbons (Fsp3) is 0.115. The number of aromatic nitrogens is 3. The van der Waals surface area contributed by atoms with Gasteiger partial charge in [0, 0.05) is 27.0 Å². The maximum absolute atomic E-state index is 13.4. The minimum absolute atomic E-state index is 0.221. The summed E-state index contributed by atoms with van der Waals surface area (Å²) in [5.41, 5.74) is 3.55. The van der Waals surface area contributed by atoms with Crippen LogP contribution in [0.15, 0.2) is 90.4 Å². The average Bonchev–Trinajstić information content (AvgIpc) is 3.32. The molecule has 1 amide bonds. The van der Waals surface area contributed by atoms with Crippen LogP contribution in [0.2, 0.25) is 10.0 Å². The van der Waals surface area contributed by atoms with Crippen LogP contribution in [0.25, 0.3) is 0 Å². The van der Waals surface area contributed by atoms with E-state index in [-0.39, 0.29) is 12.5 Å². The Morgan fingerprint density at radius 2 is 1.74 bits per heavy atom. The lowest BCUT2D eigenvalue weighted by molar-refractivity contribution is -0.113. The van der Waals surface area contributed by atoms with Gasteiger partial charge in [-0.05, 0) is 48.9 Å². The molecule has 176 valence electrons. The number of anilines is 2. The fourth-order valence-electron chi connectivity index (χ4n) is 3.99. The molecule has 0 spiro atoms. The molecule has 1 unspecified atom stereocenters. The summed E-state index contributed by atoms with van der Waals surface area (Å²) in [6.45, 7) is 2.10. The smallest absolute Gasteiger partial charge is 0.255 e. The molecule has 4 aromatic rings. The third-order valence-corrected chi connectivity index (χ3v) is 6.42. The summed E-state index contributed by atoms with van der Waals surface area (Å²) in [4.78, 5) is 17.6. The quantitative estimate of drug-likeness (QED) is 0.331. The number of ether oxygens (including phenoxy) is 1. The SMILES string of the molecule is CC1=C(C(=O)Nc2ccccc2)C(c2ccc(OCc3c(Cl)cccc3Cl)cc2)n2ncnc2N1. The van der Waals surface area contributed by atoms with E-state index in [0.717, 1.165) is 11.1 Å². The van der Waals surface area contributed by atoms with Crippen LogP contribution in [0.5, 0.6) is 5.75 Å². The summed E-state index contributed by atoms with van der Waals surface area (Å²) in [5.74, 6) is 0.993. The number of halogens is 2. The monoisotopic (exact) mass is 505 g/mol. The Morgan fingerprint density at radius 3 is 2.46 bits per heavy atom. The van der Waals surface area contributed by atoms with E-state index in [2.05, 4.69) is 20.7 Å². The van der Waals surface area contributed by atoms with Gasteiger partial charge in [-0.25, -0.2) is 4.68 Å². The minimum Gasteiger partial charge on any atom is -0.489 e. The van der Waals surface area contributed by atoms with Crippen LogP contribution in [0.1, 0.15) is 24.1 Å². The van der Waals surface area contributed by atoms with Gasteiger partial charge in [-0.2, -0.15) is 10.1 Å². The summed E-state index contributed by atoms with van der Waals surface area (Å²) in [7, 11) is 0.